The van der Waals surface area contributed by atoms with E-state index in [1.807, 2.05) is 18.5 Å². The summed E-state index contributed by atoms with van der Waals surface area (Å²) in [4.78, 5) is 6.74. The average Bonchev–Trinajstić information content (AvgIpc) is 2.54. The van der Waals surface area contributed by atoms with E-state index in [0.29, 0.717) is 12.0 Å². The third-order valence-electron chi connectivity index (χ3n) is 3.94. The van der Waals surface area contributed by atoms with Gasteiger partial charge in [-0.3, -0.25) is 9.88 Å². The van der Waals surface area contributed by atoms with E-state index in [-0.39, 0.29) is 0 Å². The van der Waals surface area contributed by atoms with Gasteiger partial charge in [0.1, 0.15) is 0 Å². The molecule has 3 nitrogen and oxygen atoms in total. The lowest BCUT2D eigenvalue weighted by Crippen LogP contribution is -2.39. The standard InChI is InChI=1S/C14H23N3/c1-12-14(9-15)6-2-3-8-17(12)11-13-5-4-7-16-10-13/h4-5,7,10,12,14H,2-3,6,8-9,11,15H2,1H3/t12-,14-/m1/s1. The van der Waals surface area contributed by atoms with Crippen LogP contribution in [0.2, 0.25) is 0 Å². The first-order chi connectivity index (χ1) is 8.31. The summed E-state index contributed by atoms with van der Waals surface area (Å²) in [6.45, 7) is 5.32. The molecule has 0 aromatic carbocycles. The van der Waals surface area contributed by atoms with Crippen LogP contribution in [0.1, 0.15) is 31.7 Å². The van der Waals surface area contributed by atoms with Gasteiger partial charge in [-0.2, -0.15) is 0 Å². The molecular formula is C14H23N3. The van der Waals surface area contributed by atoms with Gasteiger partial charge in [-0.1, -0.05) is 12.5 Å². The third kappa shape index (κ3) is 3.27. The molecule has 1 aliphatic rings. The van der Waals surface area contributed by atoms with Crippen molar-refractivity contribution in [3.63, 3.8) is 0 Å². The predicted octanol–water partition coefficient (Wildman–Crippen LogP) is 2.03. The van der Waals surface area contributed by atoms with Crippen LogP contribution in [0.3, 0.4) is 0 Å². The smallest absolute Gasteiger partial charge is 0.0312 e. The van der Waals surface area contributed by atoms with Crippen LogP contribution < -0.4 is 5.73 Å². The summed E-state index contributed by atoms with van der Waals surface area (Å²) in [6.07, 6.45) is 7.69. The van der Waals surface area contributed by atoms with E-state index in [1.165, 1.54) is 31.4 Å². The predicted molar refractivity (Wildman–Crippen MR) is 70.5 cm³/mol. The number of nitrogens with zero attached hydrogens (tertiary/aromatic N) is 2. The molecule has 3 heteroatoms. The molecule has 1 saturated heterocycles. The van der Waals surface area contributed by atoms with Crippen LogP contribution in [0.25, 0.3) is 0 Å². The summed E-state index contributed by atoms with van der Waals surface area (Å²) in [5.74, 6) is 0.647. The van der Waals surface area contributed by atoms with Crippen molar-refractivity contribution in [2.75, 3.05) is 13.1 Å². The van der Waals surface area contributed by atoms with E-state index in [1.54, 1.807) is 0 Å². The largest absolute Gasteiger partial charge is 0.330 e. The monoisotopic (exact) mass is 233 g/mol. The Morgan fingerprint density at radius 3 is 3.06 bits per heavy atom. The number of likely N-dealkylation sites (tertiary alicyclic amines) is 1. The normalized spacial score (nSPS) is 26.7. The van der Waals surface area contributed by atoms with Crippen molar-refractivity contribution in [1.29, 1.82) is 0 Å². The number of hydrogen-bond acceptors (Lipinski definition) is 3. The molecule has 94 valence electrons. The van der Waals surface area contributed by atoms with Gasteiger partial charge in [0, 0.05) is 25.0 Å². The van der Waals surface area contributed by atoms with Crippen molar-refractivity contribution < 1.29 is 0 Å². The van der Waals surface area contributed by atoms with Crippen LogP contribution in [-0.4, -0.2) is 29.0 Å². The highest BCUT2D eigenvalue weighted by Gasteiger charge is 2.24. The number of hydrogen-bond donors (Lipinski definition) is 1. The van der Waals surface area contributed by atoms with Crippen molar-refractivity contribution in [2.45, 2.75) is 38.8 Å². The summed E-state index contributed by atoms with van der Waals surface area (Å²) in [5, 5.41) is 0. The van der Waals surface area contributed by atoms with Gasteiger partial charge in [-0.25, -0.2) is 0 Å². The second kappa shape index (κ2) is 6.12. The van der Waals surface area contributed by atoms with Gasteiger partial charge >= 0.3 is 0 Å². The molecule has 2 rings (SSSR count). The van der Waals surface area contributed by atoms with Gasteiger partial charge in [-0.15, -0.1) is 0 Å². The lowest BCUT2D eigenvalue weighted by atomic mass is 9.96. The Bertz CT molecular complexity index is 325. The Balaban J connectivity index is 2.03. The van der Waals surface area contributed by atoms with Gasteiger partial charge in [-0.05, 0) is 50.4 Å². The van der Waals surface area contributed by atoms with E-state index in [9.17, 15) is 0 Å². The third-order valence-corrected chi connectivity index (χ3v) is 3.94. The van der Waals surface area contributed by atoms with E-state index in [0.717, 1.165) is 13.1 Å². The highest BCUT2D eigenvalue weighted by atomic mass is 15.2. The minimum absolute atomic E-state index is 0.586. The molecule has 1 fully saturated rings. The molecule has 0 aliphatic carbocycles. The maximum absolute atomic E-state index is 5.88. The zero-order valence-electron chi connectivity index (χ0n) is 10.7. The van der Waals surface area contributed by atoms with Crippen molar-refractivity contribution in [3.05, 3.63) is 30.1 Å². The van der Waals surface area contributed by atoms with Crippen LogP contribution in [0.15, 0.2) is 24.5 Å². The Hall–Kier alpha value is -0.930. The van der Waals surface area contributed by atoms with Crippen molar-refractivity contribution >= 4 is 0 Å². The molecule has 0 bridgehead atoms. The van der Waals surface area contributed by atoms with Crippen LogP contribution in [-0.2, 0) is 6.54 Å². The van der Waals surface area contributed by atoms with Crippen molar-refractivity contribution in [1.82, 2.24) is 9.88 Å². The molecule has 0 spiro atoms. The van der Waals surface area contributed by atoms with Crippen LogP contribution in [0.5, 0.6) is 0 Å². The zero-order chi connectivity index (χ0) is 12.1. The highest BCUT2D eigenvalue weighted by Crippen LogP contribution is 2.23. The van der Waals surface area contributed by atoms with Gasteiger partial charge in [0.25, 0.3) is 0 Å². The fourth-order valence-electron chi connectivity index (χ4n) is 2.73. The molecule has 2 heterocycles. The molecule has 2 atom stereocenters. The van der Waals surface area contributed by atoms with E-state index in [4.69, 9.17) is 5.73 Å². The fraction of sp³-hybridized carbons (Fsp3) is 0.643. The molecule has 0 radical (unpaired) electrons. The van der Waals surface area contributed by atoms with Crippen molar-refractivity contribution in [3.8, 4) is 0 Å². The fourth-order valence-corrected chi connectivity index (χ4v) is 2.73. The lowest BCUT2D eigenvalue weighted by molar-refractivity contribution is 0.164. The molecule has 1 aliphatic heterocycles. The van der Waals surface area contributed by atoms with Gasteiger partial charge in [0.05, 0.1) is 0 Å². The van der Waals surface area contributed by atoms with Gasteiger partial charge in [0.2, 0.25) is 0 Å². The first-order valence-electron chi connectivity index (χ1n) is 6.64. The van der Waals surface area contributed by atoms with Crippen LogP contribution in [0, 0.1) is 5.92 Å². The summed E-state index contributed by atoms with van der Waals surface area (Å²) >= 11 is 0. The second-order valence-corrected chi connectivity index (χ2v) is 5.06. The van der Waals surface area contributed by atoms with Crippen LogP contribution in [0.4, 0.5) is 0 Å². The van der Waals surface area contributed by atoms with Crippen molar-refractivity contribution in [2.24, 2.45) is 11.7 Å². The Morgan fingerprint density at radius 2 is 2.35 bits per heavy atom. The average molecular weight is 233 g/mol. The zero-order valence-corrected chi connectivity index (χ0v) is 10.7. The summed E-state index contributed by atoms with van der Waals surface area (Å²) < 4.78 is 0. The summed E-state index contributed by atoms with van der Waals surface area (Å²) in [5.41, 5.74) is 7.18. The molecular weight excluding hydrogens is 210 g/mol. The number of aromatic nitrogens is 1. The summed E-state index contributed by atoms with van der Waals surface area (Å²) in [7, 11) is 0. The number of nitrogens with two attached hydrogens (primary N) is 1. The van der Waals surface area contributed by atoms with E-state index in [2.05, 4.69) is 22.9 Å². The maximum atomic E-state index is 5.88. The lowest BCUT2D eigenvalue weighted by Gasteiger charge is -2.31. The molecule has 2 N–H and O–H groups in total. The van der Waals surface area contributed by atoms with Gasteiger partial charge < -0.3 is 5.73 Å². The van der Waals surface area contributed by atoms with E-state index < -0.39 is 0 Å². The SMILES string of the molecule is C[C@@H]1[C@@H](CN)CCCCN1Cc1cccnc1. The molecule has 1 aromatic rings. The first kappa shape index (κ1) is 12.5. The molecule has 0 saturated carbocycles. The highest BCUT2D eigenvalue weighted by molar-refractivity contribution is 5.08. The molecule has 0 amide bonds. The minimum atomic E-state index is 0.586. The van der Waals surface area contributed by atoms with E-state index >= 15 is 0 Å². The maximum Gasteiger partial charge on any atom is 0.0312 e. The quantitative estimate of drug-likeness (QED) is 0.868. The van der Waals surface area contributed by atoms with Gasteiger partial charge in [0.15, 0.2) is 0 Å². The Labute approximate surface area is 104 Å². The minimum Gasteiger partial charge on any atom is -0.330 e. The Morgan fingerprint density at radius 1 is 1.47 bits per heavy atom. The molecule has 1 aromatic heterocycles. The number of rotatable bonds is 3. The first-order valence-corrected chi connectivity index (χ1v) is 6.64. The number of pyridine rings is 1. The molecule has 0 unspecified atom stereocenters. The molecule has 17 heavy (non-hydrogen) atoms. The van der Waals surface area contributed by atoms with Crippen LogP contribution >= 0.6 is 0 Å². The summed E-state index contributed by atoms with van der Waals surface area (Å²) in [6, 6.07) is 4.75. The Kier molecular flexibility index (Phi) is 4.51. The topological polar surface area (TPSA) is 42.1 Å². The second-order valence-electron chi connectivity index (χ2n) is 5.06.